The van der Waals surface area contributed by atoms with E-state index >= 15 is 0 Å². The molecule has 0 N–H and O–H groups in total. The van der Waals surface area contributed by atoms with Gasteiger partial charge in [-0.15, -0.1) is 0 Å². The molecule has 1 aromatic carbocycles. The quantitative estimate of drug-likeness (QED) is 0.474. The second-order valence-corrected chi connectivity index (χ2v) is 5.04. The molecule has 2 rings (SSSR count). The molecule has 16 heavy (non-hydrogen) atoms. The van der Waals surface area contributed by atoms with Crippen molar-refractivity contribution in [3.63, 3.8) is 0 Å². The van der Waals surface area contributed by atoms with E-state index in [0.29, 0.717) is 12.0 Å². The maximum atomic E-state index is 12.1. The number of fused-ring (bicyclic) bond motifs is 1. The summed E-state index contributed by atoms with van der Waals surface area (Å²) in [5.74, 6) is -0.710. The van der Waals surface area contributed by atoms with E-state index in [4.69, 9.17) is 4.74 Å². The lowest BCUT2D eigenvalue weighted by molar-refractivity contribution is -0.144. The average Bonchev–Trinajstić information content (AvgIpc) is 2.54. The third-order valence-electron chi connectivity index (χ3n) is 2.65. The molecule has 1 aliphatic carbocycles. The minimum absolute atomic E-state index is 0.207. The summed E-state index contributed by atoms with van der Waals surface area (Å²) in [6.07, 6.45) is 0.362. The van der Waals surface area contributed by atoms with Crippen molar-refractivity contribution in [3.8, 4) is 0 Å². The molecule has 0 amide bonds. The maximum Gasteiger partial charge on any atom is 0.331 e. The topological polar surface area (TPSA) is 43.4 Å². The second-order valence-electron chi connectivity index (χ2n) is 3.68. The van der Waals surface area contributed by atoms with E-state index in [2.05, 4.69) is 15.9 Å². The van der Waals surface area contributed by atoms with Gasteiger partial charge in [-0.05, 0) is 12.5 Å². The predicted molar refractivity (Wildman–Crippen MR) is 62.8 cm³/mol. The number of Topliss-reactive ketones (excluding diaryl/α,β-unsaturated/α-hetero) is 1. The van der Waals surface area contributed by atoms with Gasteiger partial charge in [0.05, 0.1) is 6.61 Å². The van der Waals surface area contributed by atoms with Crippen molar-refractivity contribution in [2.45, 2.75) is 17.7 Å². The lowest BCUT2D eigenvalue weighted by atomic mass is 10.1. The molecule has 1 aromatic rings. The van der Waals surface area contributed by atoms with Gasteiger partial charge in [-0.3, -0.25) is 9.59 Å². The Labute approximate surface area is 102 Å². The van der Waals surface area contributed by atoms with Crippen molar-refractivity contribution in [3.05, 3.63) is 35.4 Å². The van der Waals surface area contributed by atoms with Gasteiger partial charge in [-0.1, -0.05) is 40.2 Å². The van der Waals surface area contributed by atoms with Crippen LogP contribution in [0.5, 0.6) is 0 Å². The highest BCUT2D eigenvalue weighted by Crippen LogP contribution is 2.37. The van der Waals surface area contributed by atoms with Crippen molar-refractivity contribution >= 4 is 27.7 Å². The first-order chi connectivity index (χ1) is 7.59. The zero-order valence-electron chi connectivity index (χ0n) is 8.83. The van der Waals surface area contributed by atoms with Crippen molar-refractivity contribution in [2.24, 2.45) is 0 Å². The molecule has 0 aromatic heterocycles. The number of rotatable bonds is 2. The molecule has 4 heteroatoms. The fourth-order valence-electron chi connectivity index (χ4n) is 1.86. The monoisotopic (exact) mass is 282 g/mol. The molecule has 84 valence electrons. The molecule has 1 unspecified atom stereocenters. The molecule has 0 saturated carbocycles. The predicted octanol–water partition coefficient (Wildman–Crippen LogP) is 2.12. The van der Waals surface area contributed by atoms with E-state index in [1.165, 1.54) is 0 Å². The van der Waals surface area contributed by atoms with Crippen molar-refractivity contribution < 1.29 is 14.3 Å². The fraction of sp³-hybridized carbons (Fsp3) is 0.333. The van der Waals surface area contributed by atoms with Gasteiger partial charge in [0.15, 0.2) is 10.1 Å². The van der Waals surface area contributed by atoms with Crippen molar-refractivity contribution in [2.75, 3.05) is 6.61 Å². The molecule has 1 aliphatic rings. The van der Waals surface area contributed by atoms with Crippen LogP contribution in [0.15, 0.2) is 24.3 Å². The minimum Gasteiger partial charge on any atom is -0.465 e. The average molecular weight is 283 g/mol. The molecule has 3 nitrogen and oxygen atoms in total. The minimum atomic E-state index is -1.22. The number of benzene rings is 1. The van der Waals surface area contributed by atoms with Gasteiger partial charge in [0, 0.05) is 12.0 Å². The normalized spacial score (nSPS) is 23.0. The Morgan fingerprint density at radius 1 is 1.50 bits per heavy atom. The molecular weight excluding hydrogens is 272 g/mol. The first-order valence-electron chi connectivity index (χ1n) is 5.08. The standard InChI is InChI=1S/C12H11BrO3/c1-2-16-11(15)12(13)7-8-5-3-4-6-9(8)10(12)14/h3-6H,2,7H2,1H3. The summed E-state index contributed by atoms with van der Waals surface area (Å²) < 4.78 is 3.71. The van der Waals surface area contributed by atoms with E-state index in [-0.39, 0.29) is 12.4 Å². The molecule has 0 saturated heterocycles. The number of esters is 1. The van der Waals surface area contributed by atoms with Gasteiger partial charge in [0.1, 0.15) is 0 Å². The summed E-state index contributed by atoms with van der Waals surface area (Å²) in [4.78, 5) is 23.8. The molecule has 0 fully saturated rings. The van der Waals surface area contributed by atoms with Crippen molar-refractivity contribution in [1.82, 2.24) is 0 Å². The third-order valence-corrected chi connectivity index (χ3v) is 3.62. The number of halogens is 1. The van der Waals surface area contributed by atoms with E-state index < -0.39 is 10.3 Å². The number of ketones is 1. The molecule has 0 radical (unpaired) electrons. The molecule has 1 atom stereocenters. The fourth-order valence-corrected chi connectivity index (χ4v) is 2.49. The molecule has 0 heterocycles. The smallest absolute Gasteiger partial charge is 0.331 e. The van der Waals surface area contributed by atoms with Gasteiger partial charge in [-0.2, -0.15) is 0 Å². The molecule has 0 aliphatic heterocycles. The summed E-state index contributed by atoms with van der Waals surface area (Å²) in [5, 5.41) is 0. The van der Waals surface area contributed by atoms with Crippen molar-refractivity contribution in [1.29, 1.82) is 0 Å². The summed E-state index contributed by atoms with van der Waals surface area (Å²) in [6.45, 7) is 2.00. The second kappa shape index (κ2) is 4.01. The van der Waals surface area contributed by atoms with Crippen LogP contribution in [0, 0.1) is 0 Å². The third kappa shape index (κ3) is 1.57. The molecular formula is C12H11BrO3. The van der Waals surface area contributed by atoms with Gasteiger partial charge in [0.2, 0.25) is 0 Å². The molecule has 0 bridgehead atoms. The Kier molecular flexibility index (Phi) is 2.84. The number of carbonyl (C=O) groups excluding carboxylic acids is 2. The van der Waals surface area contributed by atoms with Crippen LogP contribution in [0.1, 0.15) is 22.8 Å². The number of ether oxygens (including phenoxy) is 1. The highest BCUT2D eigenvalue weighted by Gasteiger charge is 2.50. The van der Waals surface area contributed by atoms with E-state index in [9.17, 15) is 9.59 Å². The SMILES string of the molecule is CCOC(=O)C1(Br)Cc2ccccc2C1=O. The Balaban J connectivity index is 2.37. The molecule has 0 spiro atoms. The lowest BCUT2D eigenvalue weighted by Gasteiger charge is -2.16. The summed E-state index contributed by atoms with van der Waals surface area (Å²) in [6, 6.07) is 7.24. The van der Waals surface area contributed by atoms with Crippen LogP contribution in [0.25, 0.3) is 0 Å². The van der Waals surface area contributed by atoms with Crippen LogP contribution in [-0.2, 0) is 16.0 Å². The first kappa shape index (κ1) is 11.3. The number of hydrogen-bond donors (Lipinski definition) is 0. The van der Waals surface area contributed by atoms with Crippen LogP contribution >= 0.6 is 15.9 Å². The Morgan fingerprint density at radius 2 is 2.19 bits per heavy atom. The van der Waals surface area contributed by atoms with Crippen LogP contribution in [-0.4, -0.2) is 22.7 Å². The van der Waals surface area contributed by atoms with E-state index in [1.807, 2.05) is 12.1 Å². The van der Waals surface area contributed by atoms with Crippen LogP contribution in [0.3, 0.4) is 0 Å². The number of carbonyl (C=O) groups is 2. The zero-order chi connectivity index (χ0) is 11.8. The van der Waals surface area contributed by atoms with E-state index in [0.717, 1.165) is 5.56 Å². The highest BCUT2D eigenvalue weighted by atomic mass is 79.9. The van der Waals surface area contributed by atoms with Gasteiger partial charge in [-0.25, -0.2) is 0 Å². The highest BCUT2D eigenvalue weighted by molar-refractivity contribution is 9.10. The van der Waals surface area contributed by atoms with Gasteiger partial charge >= 0.3 is 5.97 Å². The van der Waals surface area contributed by atoms with Gasteiger partial charge < -0.3 is 4.74 Å². The summed E-state index contributed by atoms with van der Waals surface area (Å²) >= 11 is 3.23. The van der Waals surface area contributed by atoms with E-state index in [1.54, 1.807) is 19.1 Å². The Bertz CT molecular complexity index is 455. The maximum absolute atomic E-state index is 12.1. The number of hydrogen-bond acceptors (Lipinski definition) is 3. The lowest BCUT2D eigenvalue weighted by Crippen LogP contribution is -2.39. The Hall–Kier alpha value is -1.16. The largest absolute Gasteiger partial charge is 0.465 e. The van der Waals surface area contributed by atoms with Crippen LogP contribution in [0.2, 0.25) is 0 Å². The first-order valence-corrected chi connectivity index (χ1v) is 5.87. The summed E-state index contributed by atoms with van der Waals surface area (Å²) in [5.41, 5.74) is 1.49. The summed E-state index contributed by atoms with van der Waals surface area (Å²) in [7, 11) is 0. The zero-order valence-corrected chi connectivity index (χ0v) is 10.4. The van der Waals surface area contributed by atoms with Crippen LogP contribution in [0.4, 0.5) is 0 Å². The van der Waals surface area contributed by atoms with Gasteiger partial charge in [0.25, 0.3) is 0 Å². The number of alkyl halides is 1. The Morgan fingerprint density at radius 3 is 2.81 bits per heavy atom. The van der Waals surface area contributed by atoms with Crippen LogP contribution < -0.4 is 0 Å².